The van der Waals surface area contributed by atoms with Crippen molar-refractivity contribution < 1.29 is 14.3 Å². The van der Waals surface area contributed by atoms with E-state index in [9.17, 15) is 4.79 Å². The molecule has 0 saturated heterocycles. The van der Waals surface area contributed by atoms with Crippen LogP contribution in [0, 0.1) is 11.3 Å². The van der Waals surface area contributed by atoms with Crippen LogP contribution in [0.5, 0.6) is 11.5 Å². The molecule has 0 bridgehead atoms. The molecule has 140 valence electrons. The number of nitrogens with one attached hydrogen (secondary N) is 1. The first-order valence-corrected chi connectivity index (χ1v) is 8.62. The Morgan fingerprint density at radius 2 is 1.57 bits per heavy atom. The second-order valence-electron chi connectivity index (χ2n) is 5.81. The highest BCUT2D eigenvalue weighted by Crippen LogP contribution is 2.28. The molecule has 0 radical (unpaired) electrons. The zero-order valence-corrected chi connectivity index (χ0v) is 15.3. The molecule has 3 aromatic carbocycles. The number of para-hydroxylation sites is 2. The molecule has 28 heavy (non-hydrogen) atoms. The maximum Gasteiger partial charge on any atom is 0.276 e. The molecule has 0 fully saturated rings. The second-order valence-corrected chi connectivity index (χ2v) is 5.81. The number of benzene rings is 3. The van der Waals surface area contributed by atoms with Crippen LogP contribution in [0.3, 0.4) is 0 Å². The van der Waals surface area contributed by atoms with Crippen LogP contribution in [0.2, 0.25) is 0 Å². The van der Waals surface area contributed by atoms with E-state index in [0.29, 0.717) is 17.1 Å². The Balaban J connectivity index is 1.72. The van der Waals surface area contributed by atoms with Crippen LogP contribution in [-0.2, 0) is 4.79 Å². The van der Waals surface area contributed by atoms with Crippen molar-refractivity contribution in [2.45, 2.75) is 0 Å². The number of amides is 1. The third kappa shape index (κ3) is 4.59. The van der Waals surface area contributed by atoms with Crippen LogP contribution in [0.4, 0.5) is 11.4 Å². The lowest BCUT2D eigenvalue weighted by molar-refractivity contribution is -0.123. The number of hydrogen-bond donors (Lipinski definition) is 1. The molecule has 0 atom stereocenters. The summed E-state index contributed by atoms with van der Waals surface area (Å²) < 4.78 is 10.8. The van der Waals surface area contributed by atoms with Crippen molar-refractivity contribution in [3.63, 3.8) is 0 Å². The number of hydrazine groups is 1. The predicted octanol–water partition coefficient (Wildman–Crippen LogP) is 3.82. The molecule has 0 aliphatic heterocycles. The lowest BCUT2D eigenvalue weighted by Gasteiger charge is -2.25. The molecule has 0 saturated carbocycles. The molecule has 0 aromatic heterocycles. The fourth-order valence-electron chi connectivity index (χ4n) is 2.59. The van der Waals surface area contributed by atoms with Crippen molar-refractivity contribution in [1.29, 1.82) is 5.26 Å². The van der Waals surface area contributed by atoms with E-state index in [1.54, 1.807) is 23.2 Å². The Morgan fingerprint density at radius 3 is 2.11 bits per heavy atom. The molecule has 0 aliphatic carbocycles. The maximum atomic E-state index is 12.5. The summed E-state index contributed by atoms with van der Waals surface area (Å²) in [5, 5.41) is 10.7. The summed E-state index contributed by atoms with van der Waals surface area (Å²) in [5.74, 6) is 0.455. The van der Waals surface area contributed by atoms with E-state index in [-0.39, 0.29) is 12.5 Å². The summed E-state index contributed by atoms with van der Waals surface area (Å²) in [4.78, 5) is 12.5. The number of nitrogens with zero attached hydrogens (tertiary/aromatic N) is 2. The van der Waals surface area contributed by atoms with Gasteiger partial charge in [0.15, 0.2) is 18.1 Å². The summed E-state index contributed by atoms with van der Waals surface area (Å²) in [6.45, 7) is -0.210. The van der Waals surface area contributed by atoms with Crippen molar-refractivity contribution in [3.05, 3.63) is 84.4 Å². The van der Waals surface area contributed by atoms with Crippen LogP contribution < -0.4 is 19.9 Å². The average molecular weight is 373 g/mol. The minimum absolute atomic E-state index is 0.210. The Bertz CT molecular complexity index is 930. The molecule has 1 amide bonds. The van der Waals surface area contributed by atoms with E-state index in [2.05, 4.69) is 5.43 Å². The maximum absolute atomic E-state index is 12.5. The number of nitriles is 1. The minimum Gasteiger partial charge on any atom is -0.493 e. The van der Waals surface area contributed by atoms with Gasteiger partial charge in [-0.1, -0.05) is 36.4 Å². The third-order valence-corrected chi connectivity index (χ3v) is 3.92. The number of anilines is 2. The van der Waals surface area contributed by atoms with Gasteiger partial charge in [0.2, 0.25) is 0 Å². The van der Waals surface area contributed by atoms with Gasteiger partial charge in [0.05, 0.1) is 30.1 Å². The molecule has 6 nitrogen and oxygen atoms in total. The molecular weight excluding hydrogens is 354 g/mol. The van der Waals surface area contributed by atoms with Gasteiger partial charge in [-0.25, -0.2) is 0 Å². The number of carbonyl (C=O) groups is 1. The molecule has 1 N–H and O–H groups in total. The minimum atomic E-state index is -0.334. The molecule has 3 rings (SSSR count). The monoisotopic (exact) mass is 373 g/mol. The molecule has 0 heterocycles. The van der Waals surface area contributed by atoms with Gasteiger partial charge in [0, 0.05) is 6.07 Å². The highest BCUT2D eigenvalue weighted by molar-refractivity contribution is 5.82. The average Bonchev–Trinajstić information content (AvgIpc) is 2.77. The topological polar surface area (TPSA) is 74.6 Å². The zero-order valence-electron chi connectivity index (χ0n) is 15.3. The van der Waals surface area contributed by atoms with Gasteiger partial charge in [-0.15, -0.1) is 0 Å². The number of methoxy groups -OCH3 is 1. The Hall–Kier alpha value is -3.98. The molecule has 6 heteroatoms. The van der Waals surface area contributed by atoms with Gasteiger partial charge in [-0.2, -0.15) is 5.26 Å². The highest BCUT2D eigenvalue weighted by atomic mass is 16.5. The summed E-state index contributed by atoms with van der Waals surface area (Å²) in [5.41, 5.74) is 4.94. The third-order valence-electron chi connectivity index (χ3n) is 3.92. The summed E-state index contributed by atoms with van der Waals surface area (Å²) in [7, 11) is 1.48. The smallest absolute Gasteiger partial charge is 0.276 e. The number of ether oxygens (including phenoxy) is 2. The van der Waals surface area contributed by atoms with Gasteiger partial charge in [0.1, 0.15) is 0 Å². The van der Waals surface area contributed by atoms with Crippen molar-refractivity contribution in [2.24, 2.45) is 0 Å². The van der Waals surface area contributed by atoms with Crippen molar-refractivity contribution >= 4 is 17.3 Å². The van der Waals surface area contributed by atoms with E-state index >= 15 is 0 Å². The van der Waals surface area contributed by atoms with Crippen LogP contribution >= 0.6 is 0 Å². The molecule has 0 spiro atoms. The van der Waals surface area contributed by atoms with Crippen molar-refractivity contribution in [2.75, 3.05) is 18.7 Å². The van der Waals surface area contributed by atoms with Crippen LogP contribution in [-0.4, -0.2) is 19.6 Å². The first-order valence-electron chi connectivity index (χ1n) is 8.62. The second kappa shape index (κ2) is 9.10. The molecule has 0 unspecified atom stereocenters. The largest absolute Gasteiger partial charge is 0.493 e. The zero-order chi connectivity index (χ0) is 19.8. The Labute approximate surface area is 163 Å². The Morgan fingerprint density at radius 1 is 0.964 bits per heavy atom. The predicted molar refractivity (Wildman–Crippen MR) is 106 cm³/mol. The lowest BCUT2D eigenvalue weighted by atomic mass is 10.2. The number of hydrogen-bond acceptors (Lipinski definition) is 5. The van der Waals surface area contributed by atoms with Crippen LogP contribution in [0.25, 0.3) is 0 Å². The quantitative estimate of drug-likeness (QED) is 0.638. The van der Waals surface area contributed by atoms with Crippen LogP contribution in [0.15, 0.2) is 78.9 Å². The number of rotatable bonds is 7. The summed E-state index contributed by atoms with van der Waals surface area (Å²) >= 11 is 0. The van der Waals surface area contributed by atoms with Gasteiger partial charge in [-0.3, -0.25) is 15.2 Å². The standard InChI is InChI=1S/C22H19N3O3/c1-27-21-14-17(15-23)12-13-20(21)28-16-22(26)24-25(18-8-4-2-5-9-18)19-10-6-3-7-11-19/h2-14H,16H2,1H3,(H,24,26). The van der Waals surface area contributed by atoms with E-state index in [1.807, 2.05) is 66.7 Å². The van der Waals surface area contributed by atoms with E-state index in [0.717, 1.165) is 11.4 Å². The van der Waals surface area contributed by atoms with E-state index in [1.165, 1.54) is 7.11 Å². The normalized spacial score (nSPS) is 9.86. The van der Waals surface area contributed by atoms with E-state index < -0.39 is 0 Å². The van der Waals surface area contributed by atoms with Gasteiger partial charge >= 0.3 is 0 Å². The van der Waals surface area contributed by atoms with Gasteiger partial charge in [-0.05, 0) is 36.4 Å². The van der Waals surface area contributed by atoms with Crippen molar-refractivity contribution in [1.82, 2.24) is 5.43 Å². The molecule has 3 aromatic rings. The SMILES string of the molecule is COc1cc(C#N)ccc1OCC(=O)NN(c1ccccc1)c1ccccc1. The molecular formula is C22H19N3O3. The van der Waals surface area contributed by atoms with Gasteiger partial charge in [0.25, 0.3) is 5.91 Å². The number of carbonyl (C=O) groups excluding carboxylic acids is 1. The van der Waals surface area contributed by atoms with Gasteiger partial charge < -0.3 is 9.47 Å². The highest BCUT2D eigenvalue weighted by Gasteiger charge is 2.14. The van der Waals surface area contributed by atoms with Crippen molar-refractivity contribution in [3.8, 4) is 17.6 Å². The Kier molecular flexibility index (Phi) is 6.11. The fraction of sp³-hybridized carbons (Fsp3) is 0.0909. The first-order chi connectivity index (χ1) is 13.7. The lowest BCUT2D eigenvalue weighted by Crippen LogP contribution is -2.41. The van der Waals surface area contributed by atoms with Crippen LogP contribution in [0.1, 0.15) is 5.56 Å². The van der Waals surface area contributed by atoms with E-state index in [4.69, 9.17) is 14.7 Å². The molecule has 0 aliphatic rings. The summed E-state index contributed by atoms with van der Waals surface area (Å²) in [6.07, 6.45) is 0. The fourth-order valence-corrected chi connectivity index (χ4v) is 2.59. The first kappa shape index (κ1) is 18.8. The summed E-state index contributed by atoms with van der Waals surface area (Å²) in [6, 6.07) is 25.8.